The number of nitrogens with zero attached hydrogens (tertiary/aromatic N) is 1. The van der Waals surface area contributed by atoms with E-state index in [9.17, 15) is 4.79 Å². The number of rotatable bonds is 2. The third-order valence-corrected chi connectivity index (χ3v) is 9.34. The van der Waals surface area contributed by atoms with Crippen LogP contribution >= 0.6 is 0 Å². The van der Waals surface area contributed by atoms with Crippen molar-refractivity contribution in [1.29, 1.82) is 0 Å². The van der Waals surface area contributed by atoms with E-state index >= 15 is 0 Å². The van der Waals surface area contributed by atoms with Crippen LogP contribution in [0, 0.1) is 34.5 Å². The molecule has 0 spiro atoms. The van der Waals surface area contributed by atoms with Crippen LogP contribution in [-0.2, 0) is 4.79 Å². The van der Waals surface area contributed by atoms with E-state index in [0.29, 0.717) is 23.3 Å². The quantitative estimate of drug-likeness (QED) is 0.735. The third kappa shape index (κ3) is 2.92. The van der Waals surface area contributed by atoms with Crippen LogP contribution in [0.4, 0.5) is 0 Å². The second-order valence-corrected chi connectivity index (χ2v) is 10.6. The van der Waals surface area contributed by atoms with Gasteiger partial charge in [0.25, 0.3) is 0 Å². The molecule has 1 amide bonds. The summed E-state index contributed by atoms with van der Waals surface area (Å²) in [6.07, 6.45) is 17.9. The standard InChI is InChI=1S/C26H34N2O/c1-17(16-18-10-14-27-15-11-18)20-5-6-21-19-4-7-23-26(3,13-9-24(29)28-23)22(19)8-12-25(20,21)2/h9-11,13-16,19-23H,4-8,12H2,1-3H3,(H,28,29). The van der Waals surface area contributed by atoms with Gasteiger partial charge in [-0.2, -0.15) is 0 Å². The van der Waals surface area contributed by atoms with Crippen LogP contribution in [0.15, 0.2) is 42.3 Å². The summed E-state index contributed by atoms with van der Waals surface area (Å²) in [5, 5.41) is 3.28. The Morgan fingerprint density at radius 2 is 1.90 bits per heavy atom. The van der Waals surface area contributed by atoms with Gasteiger partial charge >= 0.3 is 0 Å². The molecule has 0 saturated heterocycles. The van der Waals surface area contributed by atoms with Crippen LogP contribution in [0.2, 0.25) is 0 Å². The number of amides is 1. The number of aromatic nitrogens is 1. The van der Waals surface area contributed by atoms with Crippen LogP contribution in [0.25, 0.3) is 6.08 Å². The number of fused-ring (bicyclic) bond motifs is 5. The van der Waals surface area contributed by atoms with Crippen molar-refractivity contribution >= 4 is 12.0 Å². The molecule has 0 radical (unpaired) electrons. The zero-order chi connectivity index (χ0) is 20.2. The lowest BCUT2D eigenvalue weighted by Crippen LogP contribution is -2.59. The number of hydrogen-bond donors (Lipinski definition) is 1. The number of carbonyl (C=O) groups excluding carboxylic acids is 1. The summed E-state index contributed by atoms with van der Waals surface area (Å²) in [4.78, 5) is 16.1. The lowest BCUT2D eigenvalue weighted by atomic mass is 9.47. The first-order valence-corrected chi connectivity index (χ1v) is 11.5. The highest BCUT2D eigenvalue weighted by molar-refractivity contribution is 5.89. The molecule has 29 heavy (non-hydrogen) atoms. The first-order valence-electron chi connectivity index (χ1n) is 11.5. The minimum Gasteiger partial charge on any atom is -0.349 e. The molecule has 1 aliphatic heterocycles. The Balaban J connectivity index is 1.42. The summed E-state index contributed by atoms with van der Waals surface area (Å²) in [6, 6.07) is 4.55. The molecule has 7 atom stereocenters. The van der Waals surface area contributed by atoms with E-state index in [-0.39, 0.29) is 11.3 Å². The summed E-state index contributed by atoms with van der Waals surface area (Å²) in [7, 11) is 0. The number of hydrogen-bond acceptors (Lipinski definition) is 2. The van der Waals surface area contributed by atoms with Crippen molar-refractivity contribution in [3.8, 4) is 0 Å². The van der Waals surface area contributed by atoms with Crippen LogP contribution in [-0.4, -0.2) is 16.9 Å². The van der Waals surface area contributed by atoms with Gasteiger partial charge in [-0.15, -0.1) is 0 Å². The lowest BCUT2D eigenvalue weighted by Gasteiger charge is -2.59. The zero-order valence-corrected chi connectivity index (χ0v) is 18.0. The molecule has 0 aromatic carbocycles. The van der Waals surface area contributed by atoms with Gasteiger partial charge in [0, 0.05) is 23.9 Å². The second-order valence-electron chi connectivity index (χ2n) is 10.6. The second kappa shape index (κ2) is 6.82. The topological polar surface area (TPSA) is 42.0 Å². The first-order chi connectivity index (χ1) is 13.9. The normalized spacial score (nSPS) is 43.9. The Morgan fingerprint density at radius 3 is 2.69 bits per heavy atom. The average molecular weight is 391 g/mol. The molecule has 2 heterocycles. The molecular formula is C26H34N2O. The van der Waals surface area contributed by atoms with Crippen molar-refractivity contribution < 1.29 is 4.79 Å². The largest absolute Gasteiger partial charge is 0.349 e. The van der Waals surface area contributed by atoms with E-state index < -0.39 is 0 Å². The molecule has 3 fully saturated rings. The van der Waals surface area contributed by atoms with E-state index in [1.165, 1.54) is 37.7 Å². The Morgan fingerprint density at radius 1 is 1.10 bits per heavy atom. The Hall–Kier alpha value is -1.90. The van der Waals surface area contributed by atoms with Crippen molar-refractivity contribution in [1.82, 2.24) is 10.3 Å². The molecule has 5 rings (SSSR count). The van der Waals surface area contributed by atoms with E-state index in [1.807, 2.05) is 12.4 Å². The highest BCUT2D eigenvalue weighted by atomic mass is 16.1. The Bertz CT molecular complexity index is 859. The molecule has 1 aromatic rings. The van der Waals surface area contributed by atoms with Crippen LogP contribution in [0.5, 0.6) is 0 Å². The highest BCUT2D eigenvalue weighted by Gasteiger charge is 2.59. The molecule has 154 valence electrons. The minimum absolute atomic E-state index is 0.101. The maximum atomic E-state index is 11.9. The van der Waals surface area contributed by atoms with E-state index in [4.69, 9.17) is 0 Å². The Labute approximate surface area is 175 Å². The van der Waals surface area contributed by atoms with Gasteiger partial charge < -0.3 is 5.32 Å². The van der Waals surface area contributed by atoms with Crippen molar-refractivity contribution in [3.05, 3.63) is 47.8 Å². The number of allylic oxidation sites excluding steroid dienone is 1. The fourth-order valence-electron chi connectivity index (χ4n) is 7.90. The fourth-order valence-corrected chi connectivity index (χ4v) is 7.90. The summed E-state index contributed by atoms with van der Waals surface area (Å²) in [5.74, 6) is 3.11. The van der Waals surface area contributed by atoms with E-state index in [0.717, 1.165) is 18.3 Å². The van der Waals surface area contributed by atoms with Gasteiger partial charge in [0.15, 0.2) is 0 Å². The number of carbonyl (C=O) groups is 1. The highest BCUT2D eigenvalue weighted by Crippen LogP contribution is 2.66. The Kier molecular flexibility index (Phi) is 4.49. The number of pyridine rings is 1. The van der Waals surface area contributed by atoms with Gasteiger partial charge in [-0.1, -0.05) is 31.6 Å². The maximum absolute atomic E-state index is 11.9. The molecule has 3 aliphatic carbocycles. The summed E-state index contributed by atoms with van der Waals surface area (Å²) >= 11 is 0. The lowest BCUT2D eigenvalue weighted by molar-refractivity contribution is -0.122. The third-order valence-electron chi connectivity index (χ3n) is 9.34. The molecule has 1 aromatic heterocycles. The van der Waals surface area contributed by atoms with Crippen LogP contribution in [0.3, 0.4) is 0 Å². The monoisotopic (exact) mass is 390 g/mol. The van der Waals surface area contributed by atoms with E-state index in [2.05, 4.69) is 55.4 Å². The molecular weight excluding hydrogens is 356 g/mol. The summed E-state index contributed by atoms with van der Waals surface area (Å²) in [6.45, 7) is 7.35. The molecule has 0 bridgehead atoms. The van der Waals surface area contributed by atoms with Crippen molar-refractivity contribution in [2.24, 2.45) is 34.5 Å². The molecule has 3 nitrogen and oxygen atoms in total. The van der Waals surface area contributed by atoms with Gasteiger partial charge in [-0.05, 0) is 98.3 Å². The van der Waals surface area contributed by atoms with Gasteiger partial charge in [-0.25, -0.2) is 0 Å². The predicted octanol–water partition coefficient (Wildman–Crippen LogP) is 5.40. The minimum atomic E-state index is 0.101. The predicted molar refractivity (Wildman–Crippen MR) is 117 cm³/mol. The molecule has 1 N–H and O–H groups in total. The smallest absolute Gasteiger partial charge is 0.243 e. The van der Waals surface area contributed by atoms with Gasteiger partial charge in [-0.3, -0.25) is 9.78 Å². The average Bonchev–Trinajstić information content (AvgIpc) is 3.06. The summed E-state index contributed by atoms with van der Waals surface area (Å²) in [5.41, 5.74) is 3.37. The number of nitrogens with one attached hydrogen (secondary N) is 1. The molecule has 3 heteroatoms. The maximum Gasteiger partial charge on any atom is 0.243 e. The molecule has 4 aliphatic rings. The zero-order valence-electron chi connectivity index (χ0n) is 18.0. The van der Waals surface area contributed by atoms with Crippen molar-refractivity contribution in [2.75, 3.05) is 0 Å². The van der Waals surface area contributed by atoms with Crippen LogP contribution < -0.4 is 5.32 Å². The van der Waals surface area contributed by atoms with E-state index in [1.54, 1.807) is 11.6 Å². The first kappa shape index (κ1) is 19.1. The van der Waals surface area contributed by atoms with Gasteiger partial charge in [0.1, 0.15) is 0 Å². The van der Waals surface area contributed by atoms with Gasteiger partial charge in [0.2, 0.25) is 5.91 Å². The fraction of sp³-hybridized carbons (Fsp3) is 0.615. The van der Waals surface area contributed by atoms with Crippen molar-refractivity contribution in [2.45, 2.75) is 65.3 Å². The SMILES string of the molecule is CC(=Cc1ccncc1)C1CCC2C3CCC4NC(=O)C=CC4(C)C3CCC12C. The summed E-state index contributed by atoms with van der Waals surface area (Å²) < 4.78 is 0. The van der Waals surface area contributed by atoms with Gasteiger partial charge in [0.05, 0.1) is 0 Å². The van der Waals surface area contributed by atoms with Crippen molar-refractivity contribution in [3.63, 3.8) is 0 Å². The molecule has 3 saturated carbocycles. The molecule has 7 unspecified atom stereocenters. The van der Waals surface area contributed by atoms with Crippen LogP contribution in [0.1, 0.15) is 64.9 Å².